The van der Waals surface area contributed by atoms with Gasteiger partial charge in [-0.1, -0.05) is 42.0 Å². The summed E-state index contributed by atoms with van der Waals surface area (Å²) in [5.41, 5.74) is 1.59. The molecule has 0 heterocycles. The molecule has 0 fully saturated rings. The van der Waals surface area contributed by atoms with Crippen LogP contribution in [0.5, 0.6) is 11.5 Å². The average molecular weight is 539 g/mol. The van der Waals surface area contributed by atoms with Gasteiger partial charge < -0.3 is 19.0 Å². The summed E-state index contributed by atoms with van der Waals surface area (Å²) in [6.45, 7) is 1.85. The van der Waals surface area contributed by atoms with Crippen LogP contribution in [0.2, 0.25) is 0 Å². The Hall–Kier alpha value is -4.35. The first-order valence-electron chi connectivity index (χ1n) is 10.9. The first kappa shape index (κ1) is 25.7. The molecule has 4 aromatic carbocycles. The van der Waals surface area contributed by atoms with Gasteiger partial charge in [0.25, 0.3) is 0 Å². The maximum atomic E-state index is 12.4. The topological polar surface area (TPSA) is 128 Å². The number of anilines is 2. The van der Waals surface area contributed by atoms with Gasteiger partial charge in [0.2, 0.25) is 0 Å². The summed E-state index contributed by atoms with van der Waals surface area (Å²) in [5.74, 6) is 0.106. The van der Waals surface area contributed by atoms with Gasteiger partial charge in [-0.2, -0.15) is 16.8 Å². The normalized spacial score (nSPS) is 11.4. The fraction of sp³-hybridized carbons (Fsp3) is 0.0385. The number of hydrogen-bond donors (Lipinski definition) is 2. The van der Waals surface area contributed by atoms with Crippen LogP contribution in [0.1, 0.15) is 5.56 Å². The third-order valence-corrected chi connectivity index (χ3v) is 7.48. The molecule has 0 radical (unpaired) electrons. The first-order chi connectivity index (χ1) is 17.6. The van der Waals surface area contributed by atoms with Crippen LogP contribution in [0.4, 0.5) is 16.2 Å². The lowest BCUT2D eigenvalue weighted by atomic mass is 10.2. The molecule has 0 aromatic heterocycles. The lowest BCUT2D eigenvalue weighted by Gasteiger charge is -2.11. The van der Waals surface area contributed by atoms with Gasteiger partial charge in [-0.3, -0.25) is 0 Å². The number of urea groups is 1. The molecule has 0 aliphatic rings. The molecule has 0 spiro atoms. The van der Waals surface area contributed by atoms with Crippen molar-refractivity contribution in [2.45, 2.75) is 16.7 Å². The minimum Gasteiger partial charge on any atom is -0.379 e. The van der Waals surface area contributed by atoms with Crippen LogP contribution >= 0.6 is 0 Å². The number of carbonyl (C=O) groups excluding carboxylic acids is 1. The number of nitrogens with one attached hydrogen (secondary N) is 2. The number of benzene rings is 4. The summed E-state index contributed by atoms with van der Waals surface area (Å²) in [5, 5.41) is 5.18. The largest absolute Gasteiger partial charge is 0.379 e. The van der Waals surface area contributed by atoms with Crippen molar-refractivity contribution >= 4 is 37.6 Å². The van der Waals surface area contributed by atoms with Crippen molar-refractivity contribution in [3.63, 3.8) is 0 Å². The van der Waals surface area contributed by atoms with Crippen LogP contribution < -0.4 is 19.0 Å². The van der Waals surface area contributed by atoms with Gasteiger partial charge in [0.05, 0.1) is 0 Å². The minimum atomic E-state index is -4.03. The van der Waals surface area contributed by atoms with Crippen molar-refractivity contribution in [3.8, 4) is 11.5 Å². The fourth-order valence-corrected chi connectivity index (χ4v) is 5.03. The van der Waals surface area contributed by atoms with E-state index in [9.17, 15) is 21.6 Å². The van der Waals surface area contributed by atoms with Crippen LogP contribution in [-0.2, 0) is 20.2 Å². The Labute approximate surface area is 214 Å². The van der Waals surface area contributed by atoms with E-state index in [1.54, 1.807) is 36.4 Å². The second-order valence-corrected chi connectivity index (χ2v) is 10.9. The zero-order valence-electron chi connectivity index (χ0n) is 19.5. The number of rotatable bonds is 8. The maximum absolute atomic E-state index is 12.4. The van der Waals surface area contributed by atoms with Crippen molar-refractivity contribution in [1.82, 2.24) is 0 Å². The van der Waals surface area contributed by atoms with Gasteiger partial charge in [-0.05, 0) is 67.6 Å². The van der Waals surface area contributed by atoms with Crippen LogP contribution in [0.3, 0.4) is 0 Å². The molecule has 9 nitrogen and oxygen atoms in total. The summed E-state index contributed by atoms with van der Waals surface area (Å²) in [7, 11) is -8.02. The highest BCUT2D eigenvalue weighted by atomic mass is 32.2. The Morgan fingerprint density at radius 2 is 1.16 bits per heavy atom. The fourth-order valence-electron chi connectivity index (χ4n) is 3.15. The van der Waals surface area contributed by atoms with Gasteiger partial charge in [0, 0.05) is 17.4 Å². The van der Waals surface area contributed by atoms with Crippen molar-refractivity contribution < 1.29 is 30.0 Å². The Kier molecular flexibility index (Phi) is 7.46. The van der Waals surface area contributed by atoms with Crippen LogP contribution in [-0.4, -0.2) is 22.9 Å². The molecule has 37 heavy (non-hydrogen) atoms. The van der Waals surface area contributed by atoms with Crippen LogP contribution in [0.15, 0.2) is 113 Å². The molecule has 2 N–H and O–H groups in total. The van der Waals surface area contributed by atoms with E-state index >= 15 is 0 Å². The Morgan fingerprint density at radius 1 is 0.595 bits per heavy atom. The van der Waals surface area contributed by atoms with Crippen molar-refractivity contribution in [2.24, 2.45) is 0 Å². The van der Waals surface area contributed by atoms with Gasteiger partial charge >= 0.3 is 26.3 Å². The number of aryl methyl sites for hydroxylation is 1. The van der Waals surface area contributed by atoms with E-state index in [4.69, 9.17) is 8.37 Å². The number of carbonyl (C=O) groups is 1. The highest BCUT2D eigenvalue weighted by Gasteiger charge is 2.17. The zero-order valence-corrected chi connectivity index (χ0v) is 21.1. The molecule has 2 amide bonds. The predicted molar refractivity (Wildman–Crippen MR) is 139 cm³/mol. The lowest BCUT2D eigenvalue weighted by Crippen LogP contribution is -2.19. The van der Waals surface area contributed by atoms with E-state index in [-0.39, 0.29) is 21.3 Å². The molecule has 0 saturated heterocycles. The Balaban J connectivity index is 1.36. The number of amides is 2. The highest BCUT2D eigenvalue weighted by Crippen LogP contribution is 2.24. The summed E-state index contributed by atoms with van der Waals surface area (Å²) in [6.07, 6.45) is 0. The van der Waals surface area contributed by atoms with E-state index in [0.717, 1.165) is 5.56 Å². The molecule has 190 valence electrons. The monoisotopic (exact) mass is 538 g/mol. The first-order valence-corrected chi connectivity index (χ1v) is 13.7. The van der Waals surface area contributed by atoms with Crippen LogP contribution in [0.25, 0.3) is 0 Å². The molecule has 11 heteroatoms. The average Bonchev–Trinajstić information content (AvgIpc) is 2.86. The highest BCUT2D eigenvalue weighted by molar-refractivity contribution is 7.87. The molecular formula is C26H22N2O7S2. The standard InChI is InChI=1S/C26H22N2O7S2/c1-19-10-16-25(17-11-19)37(32,33)34-22-14-12-20(13-15-22)27-26(29)28-21-6-5-7-23(18-21)35-36(30,31)24-8-3-2-4-9-24/h2-18H,1H3,(H2,27,28,29). The van der Waals surface area contributed by atoms with E-state index < -0.39 is 26.3 Å². The third kappa shape index (κ3) is 6.87. The lowest BCUT2D eigenvalue weighted by molar-refractivity contribution is 0.262. The summed E-state index contributed by atoms with van der Waals surface area (Å²) >= 11 is 0. The predicted octanol–water partition coefficient (Wildman–Crippen LogP) is 5.17. The van der Waals surface area contributed by atoms with Gasteiger partial charge in [-0.15, -0.1) is 0 Å². The maximum Gasteiger partial charge on any atom is 0.339 e. The second-order valence-electron chi connectivity index (χ2n) is 7.83. The summed E-state index contributed by atoms with van der Waals surface area (Å²) in [6, 6.07) is 25.0. The Bertz CT molecular complexity index is 1600. The van der Waals surface area contributed by atoms with Gasteiger partial charge in [-0.25, -0.2) is 4.79 Å². The smallest absolute Gasteiger partial charge is 0.339 e. The van der Waals surface area contributed by atoms with Crippen molar-refractivity contribution in [2.75, 3.05) is 10.6 Å². The molecule has 0 atom stereocenters. The summed E-state index contributed by atoms with van der Waals surface area (Å²) in [4.78, 5) is 12.5. The molecule has 0 bridgehead atoms. The van der Waals surface area contributed by atoms with Crippen LogP contribution in [0, 0.1) is 6.92 Å². The van der Waals surface area contributed by atoms with Gasteiger partial charge in [0.15, 0.2) is 0 Å². The van der Waals surface area contributed by atoms with Crippen molar-refractivity contribution in [3.05, 3.63) is 109 Å². The molecule has 4 aromatic rings. The third-order valence-electron chi connectivity index (χ3n) is 4.96. The summed E-state index contributed by atoms with van der Waals surface area (Å²) < 4.78 is 60.0. The molecule has 0 saturated carbocycles. The molecule has 0 unspecified atom stereocenters. The Morgan fingerprint density at radius 3 is 1.81 bits per heavy atom. The second kappa shape index (κ2) is 10.7. The van der Waals surface area contributed by atoms with Gasteiger partial charge in [0.1, 0.15) is 21.3 Å². The zero-order chi connectivity index (χ0) is 26.5. The van der Waals surface area contributed by atoms with E-state index in [2.05, 4.69) is 10.6 Å². The quantitative estimate of drug-likeness (QED) is 0.296. The van der Waals surface area contributed by atoms with E-state index in [0.29, 0.717) is 11.4 Å². The van der Waals surface area contributed by atoms with E-state index in [1.807, 2.05) is 6.92 Å². The van der Waals surface area contributed by atoms with E-state index in [1.165, 1.54) is 66.7 Å². The minimum absolute atomic E-state index is 0.00481. The molecular weight excluding hydrogens is 516 g/mol. The SMILES string of the molecule is Cc1ccc(S(=O)(=O)Oc2ccc(NC(=O)Nc3cccc(OS(=O)(=O)c4ccccc4)c3)cc2)cc1. The van der Waals surface area contributed by atoms with Crippen molar-refractivity contribution in [1.29, 1.82) is 0 Å². The molecule has 4 rings (SSSR count). The number of hydrogen-bond acceptors (Lipinski definition) is 7. The molecule has 0 aliphatic carbocycles. The molecule has 0 aliphatic heterocycles.